The predicted molar refractivity (Wildman–Crippen MR) is 110 cm³/mol. The fraction of sp³-hybridized carbons (Fsp3) is 0.400. The van der Waals surface area contributed by atoms with E-state index in [1.165, 1.54) is 4.90 Å². The molecule has 9 nitrogen and oxygen atoms in total. The maximum atomic E-state index is 12.4. The van der Waals surface area contributed by atoms with Gasteiger partial charge in [0.25, 0.3) is 0 Å². The molecule has 0 unspecified atom stereocenters. The zero-order valence-electron chi connectivity index (χ0n) is 17.1. The van der Waals surface area contributed by atoms with Crippen LogP contribution in [0.1, 0.15) is 24.8 Å². The molecule has 3 aromatic rings. The number of anilines is 2. The minimum atomic E-state index is -4.33. The van der Waals surface area contributed by atoms with E-state index in [0.717, 1.165) is 11.1 Å². The fourth-order valence-corrected chi connectivity index (χ4v) is 3.54. The normalized spacial score (nSPS) is 14.6. The van der Waals surface area contributed by atoms with Crippen molar-refractivity contribution in [2.45, 2.75) is 32.0 Å². The van der Waals surface area contributed by atoms with E-state index in [0.29, 0.717) is 36.8 Å². The van der Waals surface area contributed by atoms with E-state index in [9.17, 15) is 18.0 Å². The van der Waals surface area contributed by atoms with Crippen molar-refractivity contribution in [1.82, 2.24) is 29.3 Å². The number of hydrogen-bond acceptors (Lipinski definition) is 6. The van der Waals surface area contributed by atoms with E-state index >= 15 is 0 Å². The van der Waals surface area contributed by atoms with Gasteiger partial charge in [-0.15, -0.1) is 5.10 Å². The first kappa shape index (κ1) is 21.8. The van der Waals surface area contributed by atoms with Crippen LogP contribution < -0.4 is 5.32 Å². The molecule has 12 heteroatoms. The molecule has 0 fully saturated rings. The number of hydrogen-bond donors (Lipinski definition) is 2. The Balaban J connectivity index is 1.47. The summed E-state index contributed by atoms with van der Waals surface area (Å²) in [7, 11) is 0. The minimum Gasteiger partial charge on any atom is -0.394 e. The van der Waals surface area contributed by atoms with Crippen molar-refractivity contribution in [2.24, 2.45) is 0 Å². The monoisotopic (exact) mass is 449 g/mol. The highest BCUT2D eigenvalue weighted by atomic mass is 19.4. The molecule has 0 spiro atoms. The van der Waals surface area contributed by atoms with Gasteiger partial charge in [-0.1, -0.05) is 6.08 Å². The van der Waals surface area contributed by atoms with Gasteiger partial charge in [-0.2, -0.15) is 23.3 Å². The Morgan fingerprint density at radius 2 is 2.16 bits per heavy atom. The molecule has 4 rings (SSSR count). The second-order valence-corrected chi connectivity index (χ2v) is 7.40. The summed E-state index contributed by atoms with van der Waals surface area (Å²) in [5.41, 5.74) is 3.12. The lowest BCUT2D eigenvalue weighted by Crippen LogP contribution is -2.35. The lowest BCUT2D eigenvalue weighted by atomic mass is 10.00. The van der Waals surface area contributed by atoms with Crippen LogP contribution in [0.25, 0.3) is 11.2 Å². The van der Waals surface area contributed by atoms with Gasteiger partial charge in [-0.3, -0.25) is 9.48 Å². The molecule has 0 saturated carbocycles. The Morgan fingerprint density at radius 1 is 1.31 bits per heavy atom. The lowest BCUT2D eigenvalue weighted by molar-refractivity contribution is -0.148. The van der Waals surface area contributed by atoms with Gasteiger partial charge in [0, 0.05) is 37.5 Å². The van der Waals surface area contributed by atoms with Crippen LogP contribution in [-0.2, 0) is 11.3 Å². The number of rotatable bonds is 7. The first-order valence-corrected chi connectivity index (χ1v) is 10.1. The molecule has 2 N–H and O–H groups in total. The van der Waals surface area contributed by atoms with Gasteiger partial charge in [0.1, 0.15) is 0 Å². The van der Waals surface area contributed by atoms with Gasteiger partial charge in [-0.05, 0) is 24.1 Å². The third-order valence-electron chi connectivity index (χ3n) is 5.11. The molecule has 1 aliphatic heterocycles. The molecule has 0 aliphatic carbocycles. The number of pyridine rings is 1. The number of nitrogens with one attached hydrogen (secondary N) is 1. The number of aliphatic hydroxyl groups is 1. The third-order valence-corrected chi connectivity index (χ3v) is 5.11. The Hall–Kier alpha value is -3.41. The highest BCUT2D eigenvalue weighted by Gasteiger charge is 2.29. The van der Waals surface area contributed by atoms with Crippen LogP contribution in [0.3, 0.4) is 0 Å². The number of amides is 1. The maximum absolute atomic E-state index is 12.4. The Labute approximate surface area is 181 Å². The molecule has 1 aliphatic rings. The second kappa shape index (κ2) is 8.99. The van der Waals surface area contributed by atoms with Gasteiger partial charge < -0.3 is 15.3 Å². The zero-order chi connectivity index (χ0) is 22.7. The highest BCUT2D eigenvalue weighted by molar-refractivity contribution is 5.81. The van der Waals surface area contributed by atoms with E-state index in [-0.39, 0.29) is 13.2 Å². The standard InChI is InChI=1S/C20H22F3N7O2/c21-20(22,23)6-3-17(32)28-8-4-14(5-9-28)16-2-1-7-30-18(16)26-19(27-30)25-15-12-24-29(13-15)10-11-31/h1-2,4,7,12-13,31H,3,5-6,8-11H2,(H,25,27). The topological polar surface area (TPSA) is 101 Å². The smallest absolute Gasteiger partial charge is 0.389 e. The van der Waals surface area contributed by atoms with Crippen LogP contribution >= 0.6 is 0 Å². The summed E-state index contributed by atoms with van der Waals surface area (Å²) in [6, 6.07) is 3.74. The molecule has 170 valence electrons. The number of carbonyl (C=O) groups excluding carboxylic acids is 1. The summed E-state index contributed by atoms with van der Waals surface area (Å²) < 4.78 is 40.3. The van der Waals surface area contributed by atoms with Crippen LogP contribution in [-0.4, -0.2) is 66.2 Å². The van der Waals surface area contributed by atoms with E-state index < -0.39 is 24.9 Å². The average molecular weight is 449 g/mol. The quantitative estimate of drug-likeness (QED) is 0.575. The molecule has 1 amide bonds. The highest BCUT2D eigenvalue weighted by Crippen LogP contribution is 2.27. The van der Waals surface area contributed by atoms with Gasteiger partial charge >= 0.3 is 6.18 Å². The minimum absolute atomic E-state index is 0.0163. The summed E-state index contributed by atoms with van der Waals surface area (Å²) in [5.74, 6) is -0.118. The molecule has 4 heterocycles. The van der Waals surface area contributed by atoms with Crippen molar-refractivity contribution in [3.63, 3.8) is 0 Å². The molecular formula is C20H22F3N7O2. The number of carbonyl (C=O) groups is 1. The summed E-state index contributed by atoms with van der Waals surface area (Å²) >= 11 is 0. The van der Waals surface area contributed by atoms with Crippen molar-refractivity contribution in [3.8, 4) is 0 Å². The maximum Gasteiger partial charge on any atom is 0.389 e. The average Bonchev–Trinajstić information content (AvgIpc) is 3.38. The predicted octanol–water partition coefficient (Wildman–Crippen LogP) is 2.62. The number of alkyl halides is 3. The van der Waals surface area contributed by atoms with Crippen LogP contribution in [0.4, 0.5) is 24.8 Å². The van der Waals surface area contributed by atoms with Gasteiger partial charge in [0.2, 0.25) is 11.9 Å². The van der Waals surface area contributed by atoms with Gasteiger partial charge in [-0.25, -0.2) is 4.52 Å². The summed E-state index contributed by atoms with van der Waals surface area (Å²) in [6.45, 7) is 0.981. The number of nitrogens with zero attached hydrogens (tertiary/aromatic N) is 6. The van der Waals surface area contributed by atoms with Crippen molar-refractivity contribution in [2.75, 3.05) is 25.0 Å². The lowest BCUT2D eigenvalue weighted by Gasteiger charge is -2.27. The van der Waals surface area contributed by atoms with E-state index in [1.54, 1.807) is 27.8 Å². The third kappa shape index (κ3) is 5.07. The molecule has 3 aromatic heterocycles. The van der Waals surface area contributed by atoms with Gasteiger partial charge in [0.15, 0.2) is 5.65 Å². The molecular weight excluding hydrogens is 427 g/mol. The van der Waals surface area contributed by atoms with E-state index in [2.05, 4.69) is 20.5 Å². The summed E-state index contributed by atoms with van der Waals surface area (Å²) in [4.78, 5) is 18.1. The molecule has 0 saturated heterocycles. The first-order valence-electron chi connectivity index (χ1n) is 10.1. The summed E-state index contributed by atoms with van der Waals surface area (Å²) in [5, 5.41) is 20.6. The van der Waals surface area contributed by atoms with Crippen LogP contribution in [0.15, 0.2) is 36.8 Å². The van der Waals surface area contributed by atoms with Crippen molar-refractivity contribution in [3.05, 3.63) is 42.4 Å². The Morgan fingerprint density at radius 3 is 2.88 bits per heavy atom. The van der Waals surface area contributed by atoms with Crippen LogP contribution in [0.5, 0.6) is 0 Å². The number of halogens is 3. The zero-order valence-corrected chi connectivity index (χ0v) is 17.1. The second-order valence-electron chi connectivity index (χ2n) is 7.40. The molecule has 0 radical (unpaired) electrons. The van der Waals surface area contributed by atoms with Crippen LogP contribution in [0.2, 0.25) is 0 Å². The molecule has 0 aromatic carbocycles. The largest absolute Gasteiger partial charge is 0.394 e. The number of aromatic nitrogens is 5. The van der Waals surface area contributed by atoms with E-state index in [1.807, 2.05) is 18.2 Å². The molecule has 32 heavy (non-hydrogen) atoms. The SMILES string of the molecule is O=C(CCC(F)(F)F)N1CC=C(c2cccn3nc(Nc4cnn(CCO)c4)nc23)CC1. The van der Waals surface area contributed by atoms with Gasteiger partial charge in [0.05, 0.1) is 31.5 Å². The van der Waals surface area contributed by atoms with Crippen molar-refractivity contribution >= 4 is 28.8 Å². The Kier molecular flexibility index (Phi) is 6.12. The number of fused-ring (bicyclic) bond motifs is 1. The van der Waals surface area contributed by atoms with Crippen LogP contribution in [0, 0.1) is 0 Å². The fourth-order valence-electron chi connectivity index (χ4n) is 3.54. The molecule has 0 bridgehead atoms. The first-order chi connectivity index (χ1) is 15.3. The Bertz CT molecular complexity index is 1140. The molecule has 0 atom stereocenters. The summed E-state index contributed by atoms with van der Waals surface area (Å²) in [6.07, 6.45) is 1.50. The van der Waals surface area contributed by atoms with Crippen molar-refractivity contribution < 1.29 is 23.1 Å². The number of aliphatic hydroxyl groups excluding tert-OH is 1. The van der Waals surface area contributed by atoms with Crippen molar-refractivity contribution in [1.29, 1.82) is 0 Å². The van der Waals surface area contributed by atoms with E-state index in [4.69, 9.17) is 5.11 Å².